The van der Waals surface area contributed by atoms with E-state index in [-0.39, 0.29) is 13.2 Å². The Hall–Kier alpha value is -1.46. The Morgan fingerprint density at radius 3 is 2.16 bits per heavy atom. The highest BCUT2D eigenvalue weighted by atomic mass is 16.5. The van der Waals surface area contributed by atoms with E-state index in [0.717, 1.165) is 17.2 Å². The van der Waals surface area contributed by atoms with Gasteiger partial charge in [-0.15, -0.1) is 0 Å². The molecule has 0 heterocycles. The Balaban J connectivity index is 3.04. The topological polar surface area (TPSA) is 62.2 Å². The van der Waals surface area contributed by atoms with Gasteiger partial charge in [-0.05, 0) is 26.0 Å². The molecule has 2 N–H and O–H groups in total. The molecule has 0 radical (unpaired) electrons. The number of aliphatic hydroxyl groups excluding tert-OH is 2. The Morgan fingerprint density at radius 2 is 1.63 bits per heavy atom. The van der Waals surface area contributed by atoms with Crippen LogP contribution < -0.4 is 14.4 Å². The molecular weight excluding hydrogens is 246 g/mol. The highest BCUT2D eigenvalue weighted by Gasteiger charge is 2.13. The molecule has 0 aliphatic carbocycles. The molecule has 0 atom stereocenters. The number of benzene rings is 1. The summed E-state index contributed by atoms with van der Waals surface area (Å²) in [7, 11) is 0. The van der Waals surface area contributed by atoms with Gasteiger partial charge < -0.3 is 24.6 Å². The van der Waals surface area contributed by atoms with E-state index in [2.05, 4.69) is 0 Å². The lowest BCUT2D eigenvalue weighted by atomic mass is 10.2. The summed E-state index contributed by atoms with van der Waals surface area (Å²) in [4.78, 5) is 1.88. The first-order chi connectivity index (χ1) is 9.26. The average Bonchev–Trinajstić information content (AvgIpc) is 2.41. The van der Waals surface area contributed by atoms with Gasteiger partial charge in [0.2, 0.25) is 0 Å². The van der Waals surface area contributed by atoms with Crippen molar-refractivity contribution < 1.29 is 19.7 Å². The van der Waals surface area contributed by atoms with Gasteiger partial charge in [-0.1, -0.05) is 0 Å². The number of hydrogen-bond donors (Lipinski definition) is 2. The number of ether oxygens (including phenoxy) is 2. The molecule has 0 fully saturated rings. The van der Waals surface area contributed by atoms with Crippen LogP contribution in [-0.2, 0) is 0 Å². The normalized spacial score (nSPS) is 10.3. The largest absolute Gasteiger partial charge is 0.494 e. The standard InChI is InChI=1S/C14H23NO4/c1-3-18-12-5-6-14(19-4-2)13(11-12)15(7-9-16)8-10-17/h5-6,11,16-17H,3-4,7-10H2,1-2H3. The number of rotatable bonds is 9. The quantitative estimate of drug-likeness (QED) is 0.707. The van der Waals surface area contributed by atoms with Gasteiger partial charge in [0.05, 0.1) is 32.1 Å². The summed E-state index contributed by atoms with van der Waals surface area (Å²) < 4.78 is 11.1. The molecule has 5 heteroatoms. The van der Waals surface area contributed by atoms with E-state index in [0.29, 0.717) is 26.3 Å². The van der Waals surface area contributed by atoms with E-state index < -0.39 is 0 Å². The second-order valence-corrected chi connectivity index (χ2v) is 3.93. The highest BCUT2D eigenvalue weighted by Crippen LogP contribution is 2.32. The fraction of sp³-hybridized carbons (Fsp3) is 0.571. The van der Waals surface area contributed by atoms with E-state index in [1.807, 2.05) is 36.9 Å². The summed E-state index contributed by atoms with van der Waals surface area (Å²) in [5.74, 6) is 1.48. The zero-order chi connectivity index (χ0) is 14.1. The molecule has 1 aromatic carbocycles. The van der Waals surface area contributed by atoms with Crippen molar-refractivity contribution in [3.05, 3.63) is 18.2 Å². The molecule has 0 aliphatic heterocycles. The monoisotopic (exact) mass is 269 g/mol. The van der Waals surface area contributed by atoms with Crippen LogP contribution in [0.5, 0.6) is 11.5 Å². The maximum Gasteiger partial charge on any atom is 0.142 e. The number of nitrogens with zero attached hydrogens (tertiary/aromatic N) is 1. The van der Waals surface area contributed by atoms with E-state index >= 15 is 0 Å². The average molecular weight is 269 g/mol. The maximum atomic E-state index is 9.12. The van der Waals surface area contributed by atoms with Crippen LogP contribution >= 0.6 is 0 Å². The lowest BCUT2D eigenvalue weighted by Crippen LogP contribution is -2.30. The van der Waals surface area contributed by atoms with E-state index in [9.17, 15) is 0 Å². The van der Waals surface area contributed by atoms with Crippen molar-refractivity contribution in [3.63, 3.8) is 0 Å². The lowest BCUT2D eigenvalue weighted by molar-refractivity contribution is 0.279. The minimum absolute atomic E-state index is 0.0183. The predicted octanol–water partition coefficient (Wildman–Crippen LogP) is 1.27. The highest BCUT2D eigenvalue weighted by molar-refractivity contribution is 5.61. The van der Waals surface area contributed by atoms with Crippen LogP contribution in [0.3, 0.4) is 0 Å². The van der Waals surface area contributed by atoms with Gasteiger partial charge >= 0.3 is 0 Å². The number of hydrogen-bond acceptors (Lipinski definition) is 5. The minimum atomic E-state index is 0.0183. The Labute approximate surface area is 114 Å². The van der Waals surface area contributed by atoms with Gasteiger partial charge in [-0.2, -0.15) is 0 Å². The molecule has 0 aliphatic rings. The first kappa shape index (κ1) is 15.6. The molecule has 0 bridgehead atoms. The zero-order valence-electron chi connectivity index (χ0n) is 11.6. The maximum absolute atomic E-state index is 9.12. The van der Waals surface area contributed by atoms with Crippen LogP contribution in [0, 0.1) is 0 Å². The molecule has 1 rings (SSSR count). The van der Waals surface area contributed by atoms with E-state index in [1.165, 1.54) is 0 Å². The molecule has 0 amide bonds. The second-order valence-electron chi connectivity index (χ2n) is 3.93. The summed E-state index contributed by atoms with van der Waals surface area (Å²) in [6.45, 7) is 5.92. The molecule has 0 saturated heterocycles. The zero-order valence-corrected chi connectivity index (χ0v) is 11.6. The first-order valence-corrected chi connectivity index (χ1v) is 6.63. The molecule has 0 aromatic heterocycles. The SMILES string of the molecule is CCOc1ccc(OCC)c(N(CCO)CCO)c1. The molecule has 5 nitrogen and oxygen atoms in total. The van der Waals surface area contributed by atoms with Crippen LogP contribution in [0.25, 0.3) is 0 Å². The van der Waals surface area contributed by atoms with Gasteiger partial charge in [0.25, 0.3) is 0 Å². The summed E-state index contributed by atoms with van der Waals surface area (Å²) >= 11 is 0. The number of anilines is 1. The van der Waals surface area contributed by atoms with E-state index in [4.69, 9.17) is 19.7 Å². The minimum Gasteiger partial charge on any atom is -0.494 e. The van der Waals surface area contributed by atoms with Crippen molar-refractivity contribution in [2.24, 2.45) is 0 Å². The fourth-order valence-corrected chi connectivity index (χ4v) is 1.87. The van der Waals surface area contributed by atoms with Crippen LogP contribution in [0.1, 0.15) is 13.8 Å². The summed E-state index contributed by atoms with van der Waals surface area (Å²) in [6.07, 6.45) is 0. The van der Waals surface area contributed by atoms with Crippen molar-refractivity contribution >= 4 is 5.69 Å². The predicted molar refractivity (Wildman–Crippen MR) is 75.2 cm³/mol. The van der Waals surface area contributed by atoms with Crippen molar-refractivity contribution in [2.45, 2.75) is 13.8 Å². The number of aliphatic hydroxyl groups is 2. The molecular formula is C14H23NO4. The Bertz CT molecular complexity index is 364. The van der Waals surface area contributed by atoms with Gasteiger partial charge in [0.15, 0.2) is 0 Å². The van der Waals surface area contributed by atoms with Gasteiger partial charge in [-0.3, -0.25) is 0 Å². The molecule has 19 heavy (non-hydrogen) atoms. The van der Waals surface area contributed by atoms with Crippen molar-refractivity contribution in [1.29, 1.82) is 0 Å². The van der Waals surface area contributed by atoms with Crippen molar-refractivity contribution in [2.75, 3.05) is 44.4 Å². The fourth-order valence-electron chi connectivity index (χ4n) is 1.87. The smallest absolute Gasteiger partial charge is 0.142 e. The summed E-state index contributed by atoms with van der Waals surface area (Å²) in [5.41, 5.74) is 0.830. The van der Waals surface area contributed by atoms with Gasteiger partial charge in [-0.25, -0.2) is 0 Å². The molecule has 108 valence electrons. The Kier molecular flexibility index (Phi) is 7.07. The molecule has 0 spiro atoms. The van der Waals surface area contributed by atoms with Crippen LogP contribution in [-0.4, -0.2) is 49.7 Å². The van der Waals surface area contributed by atoms with Gasteiger partial charge in [0.1, 0.15) is 11.5 Å². The third-order valence-corrected chi connectivity index (χ3v) is 2.62. The van der Waals surface area contributed by atoms with Crippen molar-refractivity contribution in [1.82, 2.24) is 0 Å². The summed E-state index contributed by atoms with van der Waals surface area (Å²) in [6, 6.07) is 5.58. The van der Waals surface area contributed by atoms with Crippen molar-refractivity contribution in [3.8, 4) is 11.5 Å². The van der Waals surface area contributed by atoms with Crippen LogP contribution in [0.4, 0.5) is 5.69 Å². The second kappa shape index (κ2) is 8.61. The first-order valence-electron chi connectivity index (χ1n) is 6.63. The lowest BCUT2D eigenvalue weighted by Gasteiger charge is -2.25. The molecule has 1 aromatic rings. The third-order valence-electron chi connectivity index (χ3n) is 2.62. The third kappa shape index (κ3) is 4.61. The van der Waals surface area contributed by atoms with Crippen LogP contribution in [0.15, 0.2) is 18.2 Å². The molecule has 0 unspecified atom stereocenters. The Morgan fingerprint density at radius 1 is 1.00 bits per heavy atom. The molecule has 0 saturated carbocycles. The van der Waals surface area contributed by atoms with Gasteiger partial charge in [0, 0.05) is 19.2 Å². The summed E-state index contributed by atoms with van der Waals surface area (Å²) in [5, 5.41) is 18.2. The van der Waals surface area contributed by atoms with Crippen LogP contribution in [0.2, 0.25) is 0 Å². The van der Waals surface area contributed by atoms with E-state index in [1.54, 1.807) is 0 Å².